The molecule has 2 aromatic rings. The Balaban J connectivity index is 1.93. The van der Waals surface area contributed by atoms with Gasteiger partial charge in [-0.1, -0.05) is 36.2 Å². The fourth-order valence-corrected chi connectivity index (χ4v) is 2.44. The van der Waals surface area contributed by atoms with Crippen LogP contribution >= 0.6 is 23.2 Å². The molecule has 2 aromatic carbocycles. The molecule has 26 heavy (non-hydrogen) atoms. The number of benzene rings is 2. The number of rotatable bonds is 7. The number of halogens is 2. The predicted octanol–water partition coefficient (Wildman–Crippen LogP) is 4.57. The van der Waals surface area contributed by atoms with Gasteiger partial charge in [0.1, 0.15) is 0 Å². The van der Waals surface area contributed by atoms with Gasteiger partial charge in [0.05, 0.1) is 16.6 Å². The summed E-state index contributed by atoms with van der Waals surface area (Å²) in [5.74, 6) is -0.403. The number of carbonyl (C=O) groups is 2. The third kappa shape index (κ3) is 5.93. The Morgan fingerprint density at radius 1 is 1.04 bits per heavy atom. The number of hydrogen-bond donors (Lipinski definition) is 3. The van der Waals surface area contributed by atoms with Crippen LogP contribution in [-0.4, -0.2) is 24.4 Å². The maximum absolute atomic E-state index is 12.2. The molecule has 0 saturated carbocycles. The van der Waals surface area contributed by atoms with Gasteiger partial charge in [-0.25, -0.2) is 0 Å². The van der Waals surface area contributed by atoms with E-state index in [1.807, 2.05) is 13.8 Å². The van der Waals surface area contributed by atoms with Crippen LogP contribution in [-0.2, 0) is 4.79 Å². The largest absolute Gasteiger partial charge is 0.376 e. The van der Waals surface area contributed by atoms with Crippen molar-refractivity contribution in [1.82, 2.24) is 5.32 Å². The molecule has 3 N–H and O–H groups in total. The van der Waals surface area contributed by atoms with E-state index in [9.17, 15) is 9.59 Å². The number of anilines is 2. The van der Waals surface area contributed by atoms with Crippen LogP contribution in [0.15, 0.2) is 42.5 Å². The molecular formula is C19H21Cl2N3O2. The molecule has 0 spiro atoms. The van der Waals surface area contributed by atoms with E-state index in [4.69, 9.17) is 23.2 Å². The molecule has 0 fully saturated rings. The van der Waals surface area contributed by atoms with Crippen LogP contribution in [0.1, 0.15) is 30.6 Å². The van der Waals surface area contributed by atoms with Crippen molar-refractivity contribution in [3.05, 3.63) is 58.1 Å². The van der Waals surface area contributed by atoms with Crippen molar-refractivity contribution >= 4 is 46.4 Å². The highest BCUT2D eigenvalue weighted by molar-refractivity contribution is 6.42. The summed E-state index contributed by atoms with van der Waals surface area (Å²) in [4.78, 5) is 24.3. The summed E-state index contributed by atoms with van der Waals surface area (Å²) < 4.78 is 0. The Labute approximate surface area is 163 Å². The van der Waals surface area contributed by atoms with Crippen LogP contribution in [0.2, 0.25) is 10.0 Å². The molecule has 138 valence electrons. The highest BCUT2D eigenvalue weighted by Crippen LogP contribution is 2.24. The summed E-state index contributed by atoms with van der Waals surface area (Å²) >= 11 is 11.8. The molecule has 0 aliphatic heterocycles. The SMILES string of the molecule is CCC(C)NC(=O)c1cccc(NC(=O)CNc2ccc(Cl)c(Cl)c2)c1. The quantitative estimate of drug-likeness (QED) is 0.644. The zero-order valence-electron chi connectivity index (χ0n) is 14.6. The summed E-state index contributed by atoms with van der Waals surface area (Å²) in [7, 11) is 0. The lowest BCUT2D eigenvalue weighted by molar-refractivity contribution is -0.114. The Morgan fingerprint density at radius 3 is 2.50 bits per heavy atom. The van der Waals surface area contributed by atoms with E-state index in [1.54, 1.807) is 42.5 Å². The predicted molar refractivity (Wildman–Crippen MR) is 107 cm³/mol. The van der Waals surface area contributed by atoms with E-state index in [2.05, 4.69) is 16.0 Å². The van der Waals surface area contributed by atoms with Crippen molar-refractivity contribution in [1.29, 1.82) is 0 Å². The number of nitrogens with one attached hydrogen (secondary N) is 3. The smallest absolute Gasteiger partial charge is 0.251 e. The molecule has 0 saturated heterocycles. The zero-order valence-corrected chi connectivity index (χ0v) is 16.1. The molecule has 2 amide bonds. The molecule has 0 bridgehead atoms. The molecule has 0 aliphatic rings. The van der Waals surface area contributed by atoms with Gasteiger partial charge in [0.2, 0.25) is 5.91 Å². The van der Waals surface area contributed by atoms with Gasteiger partial charge in [-0.15, -0.1) is 0 Å². The van der Waals surface area contributed by atoms with Gasteiger partial charge in [0, 0.05) is 23.0 Å². The van der Waals surface area contributed by atoms with Gasteiger partial charge >= 0.3 is 0 Å². The van der Waals surface area contributed by atoms with Gasteiger partial charge < -0.3 is 16.0 Å². The summed E-state index contributed by atoms with van der Waals surface area (Å²) in [5, 5.41) is 9.49. The maximum atomic E-state index is 12.2. The topological polar surface area (TPSA) is 70.2 Å². The molecular weight excluding hydrogens is 373 g/mol. The minimum absolute atomic E-state index is 0.0568. The Bertz CT molecular complexity index is 796. The van der Waals surface area contributed by atoms with Crippen molar-refractivity contribution in [2.24, 2.45) is 0 Å². The summed E-state index contributed by atoms with van der Waals surface area (Å²) in [6.45, 7) is 4.00. The number of hydrogen-bond acceptors (Lipinski definition) is 3. The van der Waals surface area contributed by atoms with E-state index in [-0.39, 0.29) is 24.4 Å². The summed E-state index contributed by atoms with van der Waals surface area (Å²) in [6.07, 6.45) is 0.850. The Morgan fingerprint density at radius 2 is 1.81 bits per heavy atom. The fraction of sp³-hybridized carbons (Fsp3) is 0.263. The minimum Gasteiger partial charge on any atom is -0.376 e. The molecule has 5 nitrogen and oxygen atoms in total. The first kappa shape index (κ1) is 20.1. The highest BCUT2D eigenvalue weighted by Gasteiger charge is 2.10. The monoisotopic (exact) mass is 393 g/mol. The Kier molecular flexibility index (Phi) is 7.30. The molecule has 2 rings (SSSR count). The van der Waals surface area contributed by atoms with Crippen molar-refractivity contribution in [3.63, 3.8) is 0 Å². The standard InChI is InChI=1S/C19H21Cl2N3O2/c1-3-12(2)23-19(26)13-5-4-6-15(9-13)24-18(25)11-22-14-7-8-16(20)17(21)10-14/h4-10,12,22H,3,11H2,1-2H3,(H,23,26)(H,24,25). The highest BCUT2D eigenvalue weighted by atomic mass is 35.5. The normalized spacial score (nSPS) is 11.5. The van der Waals surface area contributed by atoms with Crippen molar-refractivity contribution in [2.75, 3.05) is 17.2 Å². The van der Waals surface area contributed by atoms with Crippen LogP contribution < -0.4 is 16.0 Å². The lowest BCUT2D eigenvalue weighted by Gasteiger charge is -2.12. The van der Waals surface area contributed by atoms with Gasteiger partial charge in [-0.2, -0.15) is 0 Å². The minimum atomic E-state index is -0.240. The molecule has 0 heterocycles. The third-order valence-electron chi connectivity index (χ3n) is 3.77. The van der Waals surface area contributed by atoms with Gasteiger partial charge in [-0.05, 0) is 49.7 Å². The van der Waals surface area contributed by atoms with E-state index in [1.165, 1.54) is 0 Å². The number of carbonyl (C=O) groups excluding carboxylic acids is 2. The van der Waals surface area contributed by atoms with Crippen molar-refractivity contribution < 1.29 is 9.59 Å². The first-order chi connectivity index (χ1) is 12.4. The van der Waals surface area contributed by atoms with Gasteiger partial charge in [0.25, 0.3) is 5.91 Å². The average Bonchev–Trinajstić information content (AvgIpc) is 2.62. The van der Waals surface area contributed by atoms with E-state index in [0.29, 0.717) is 27.0 Å². The second-order valence-electron chi connectivity index (χ2n) is 5.89. The first-order valence-electron chi connectivity index (χ1n) is 8.28. The number of amides is 2. The Hall–Kier alpha value is -2.24. The first-order valence-corrected chi connectivity index (χ1v) is 9.04. The second-order valence-corrected chi connectivity index (χ2v) is 6.71. The van der Waals surface area contributed by atoms with Crippen molar-refractivity contribution in [2.45, 2.75) is 26.3 Å². The van der Waals surface area contributed by atoms with E-state index in [0.717, 1.165) is 6.42 Å². The average molecular weight is 394 g/mol. The summed E-state index contributed by atoms with van der Waals surface area (Å²) in [6, 6.07) is 12.0. The van der Waals surface area contributed by atoms with Crippen LogP contribution in [0.4, 0.5) is 11.4 Å². The van der Waals surface area contributed by atoms with Crippen molar-refractivity contribution in [3.8, 4) is 0 Å². The van der Waals surface area contributed by atoms with Gasteiger partial charge in [-0.3, -0.25) is 9.59 Å². The third-order valence-corrected chi connectivity index (χ3v) is 4.51. The molecule has 1 unspecified atom stereocenters. The van der Waals surface area contributed by atoms with Crippen LogP contribution in [0, 0.1) is 0 Å². The fourth-order valence-electron chi connectivity index (χ4n) is 2.14. The molecule has 0 aliphatic carbocycles. The molecule has 0 radical (unpaired) electrons. The molecule has 7 heteroatoms. The maximum Gasteiger partial charge on any atom is 0.251 e. The lowest BCUT2D eigenvalue weighted by Crippen LogP contribution is -2.32. The van der Waals surface area contributed by atoms with Crippen LogP contribution in [0.5, 0.6) is 0 Å². The van der Waals surface area contributed by atoms with Crippen LogP contribution in [0.3, 0.4) is 0 Å². The van der Waals surface area contributed by atoms with Crippen LogP contribution in [0.25, 0.3) is 0 Å². The van der Waals surface area contributed by atoms with Gasteiger partial charge in [0.15, 0.2) is 0 Å². The lowest BCUT2D eigenvalue weighted by atomic mass is 10.1. The van der Waals surface area contributed by atoms with E-state index < -0.39 is 0 Å². The molecule has 0 aromatic heterocycles. The zero-order chi connectivity index (χ0) is 19.1. The second kappa shape index (κ2) is 9.46. The summed E-state index contributed by atoms with van der Waals surface area (Å²) in [5.41, 5.74) is 1.75. The molecule has 1 atom stereocenters. The van der Waals surface area contributed by atoms with E-state index >= 15 is 0 Å².